The Kier molecular flexibility index (Phi) is 7.57. The molecule has 2 heterocycles. The molecule has 0 unspecified atom stereocenters. The van der Waals surface area contributed by atoms with Gasteiger partial charge in [0, 0.05) is 30.5 Å². The van der Waals surface area contributed by atoms with Gasteiger partial charge >= 0.3 is 0 Å². The lowest BCUT2D eigenvalue weighted by atomic mass is 10.1. The van der Waals surface area contributed by atoms with E-state index in [2.05, 4.69) is 15.6 Å². The van der Waals surface area contributed by atoms with Crippen LogP contribution in [-0.2, 0) is 22.7 Å². The summed E-state index contributed by atoms with van der Waals surface area (Å²) in [6.45, 7) is 2.40. The van der Waals surface area contributed by atoms with E-state index in [1.54, 1.807) is 7.11 Å². The maximum atomic E-state index is 13.1. The Labute approximate surface area is 206 Å². The van der Waals surface area contributed by atoms with E-state index in [1.807, 2.05) is 60.8 Å². The number of amides is 2. The first-order valence-electron chi connectivity index (χ1n) is 11.1. The normalized spacial score (nSPS) is 10.8. The minimum Gasteiger partial charge on any atom is -0.497 e. The third-order valence-corrected chi connectivity index (χ3v) is 6.48. The molecule has 0 radical (unpaired) electrons. The summed E-state index contributed by atoms with van der Waals surface area (Å²) in [4.78, 5) is 42.5. The molecule has 35 heavy (non-hydrogen) atoms. The number of carbonyl (C=O) groups is 2. The van der Waals surface area contributed by atoms with Crippen LogP contribution >= 0.6 is 11.3 Å². The predicted molar refractivity (Wildman–Crippen MR) is 137 cm³/mol. The maximum absolute atomic E-state index is 13.1. The van der Waals surface area contributed by atoms with Crippen molar-refractivity contribution in [3.05, 3.63) is 81.7 Å². The van der Waals surface area contributed by atoms with Gasteiger partial charge in [-0.05, 0) is 30.2 Å². The van der Waals surface area contributed by atoms with Gasteiger partial charge in [0.2, 0.25) is 11.8 Å². The smallest absolute Gasteiger partial charge is 0.262 e. The molecule has 0 fully saturated rings. The van der Waals surface area contributed by atoms with E-state index in [-0.39, 0.29) is 36.9 Å². The van der Waals surface area contributed by atoms with Gasteiger partial charge in [-0.25, -0.2) is 4.98 Å². The molecule has 0 saturated heterocycles. The average molecular weight is 491 g/mol. The van der Waals surface area contributed by atoms with Gasteiger partial charge in [-0.1, -0.05) is 42.0 Å². The highest BCUT2D eigenvalue weighted by Crippen LogP contribution is 2.30. The van der Waals surface area contributed by atoms with Crippen molar-refractivity contribution in [1.82, 2.24) is 20.2 Å². The molecule has 0 aliphatic heterocycles. The number of ether oxygens (including phenoxy) is 1. The SMILES string of the molecule is COc1ccc(CNC(=O)CNC(=O)CCn2cnc3scc(-c4ccc(C)cc4)c3c2=O)cc1. The molecule has 0 spiro atoms. The topological polar surface area (TPSA) is 102 Å². The number of rotatable bonds is 9. The Bertz CT molecular complexity index is 1390. The fourth-order valence-corrected chi connectivity index (χ4v) is 4.47. The molecule has 4 rings (SSSR count). The number of hydrogen-bond donors (Lipinski definition) is 2. The van der Waals surface area contributed by atoms with Crippen molar-refractivity contribution in [2.24, 2.45) is 0 Å². The van der Waals surface area contributed by atoms with E-state index >= 15 is 0 Å². The first-order chi connectivity index (χ1) is 16.9. The number of nitrogens with one attached hydrogen (secondary N) is 2. The molecule has 2 aromatic heterocycles. The second kappa shape index (κ2) is 11.0. The molecule has 9 heteroatoms. The van der Waals surface area contributed by atoms with E-state index in [9.17, 15) is 14.4 Å². The van der Waals surface area contributed by atoms with Gasteiger partial charge in [-0.2, -0.15) is 0 Å². The molecule has 8 nitrogen and oxygen atoms in total. The molecule has 0 aliphatic rings. The van der Waals surface area contributed by atoms with E-state index in [0.717, 1.165) is 28.0 Å². The Morgan fingerprint density at radius 2 is 1.77 bits per heavy atom. The molecule has 0 atom stereocenters. The molecule has 4 aromatic rings. The standard InChI is InChI=1S/C26H26N4O4S/c1-17-3-7-19(8-4-17)21-15-35-25-24(21)26(33)30(16-29-25)12-11-22(31)28-14-23(32)27-13-18-5-9-20(34-2)10-6-18/h3-10,15-16H,11-14H2,1-2H3,(H,27,32)(H,28,31). The largest absolute Gasteiger partial charge is 0.497 e. The molecular weight excluding hydrogens is 464 g/mol. The monoisotopic (exact) mass is 490 g/mol. The average Bonchev–Trinajstić information content (AvgIpc) is 3.31. The van der Waals surface area contributed by atoms with Crippen molar-refractivity contribution in [2.75, 3.05) is 13.7 Å². The number of aromatic nitrogens is 2. The van der Waals surface area contributed by atoms with Crippen LogP contribution in [0, 0.1) is 6.92 Å². The Morgan fingerprint density at radius 3 is 2.49 bits per heavy atom. The minimum absolute atomic E-state index is 0.0584. The van der Waals surface area contributed by atoms with Crippen molar-refractivity contribution in [3.8, 4) is 16.9 Å². The number of methoxy groups -OCH3 is 1. The van der Waals surface area contributed by atoms with Crippen LogP contribution in [0.5, 0.6) is 5.75 Å². The van der Waals surface area contributed by atoms with Crippen LogP contribution in [0.1, 0.15) is 17.5 Å². The predicted octanol–water partition coefficient (Wildman–Crippen LogP) is 3.26. The fraction of sp³-hybridized carbons (Fsp3) is 0.231. The summed E-state index contributed by atoms with van der Waals surface area (Å²) >= 11 is 1.42. The summed E-state index contributed by atoms with van der Waals surface area (Å²) in [5.41, 5.74) is 3.68. The Morgan fingerprint density at radius 1 is 1.03 bits per heavy atom. The van der Waals surface area contributed by atoms with Crippen LogP contribution < -0.4 is 20.9 Å². The van der Waals surface area contributed by atoms with Crippen LogP contribution in [0.2, 0.25) is 0 Å². The molecular formula is C26H26N4O4S. The zero-order valence-corrected chi connectivity index (χ0v) is 20.4. The second-order valence-corrected chi connectivity index (χ2v) is 8.95. The van der Waals surface area contributed by atoms with Gasteiger partial charge in [0.15, 0.2) is 0 Å². The van der Waals surface area contributed by atoms with Crippen LogP contribution in [0.25, 0.3) is 21.3 Å². The van der Waals surface area contributed by atoms with Crippen molar-refractivity contribution in [1.29, 1.82) is 0 Å². The molecule has 2 N–H and O–H groups in total. The Balaban J connectivity index is 1.31. The Hall–Kier alpha value is -3.98. The summed E-state index contributed by atoms with van der Waals surface area (Å²) < 4.78 is 6.55. The number of carbonyl (C=O) groups excluding carboxylic acids is 2. The van der Waals surface area contributed by atoms with Crippen molar-refractivity contribution in [2.45, 2.75) is 26.4 Å². The van der Waals surface area contributed by atoms with Crippen LogP contribution in [0.4, 0.5) is 0 Å². The number of fused-ring (bicyclic) bond motifs is 1. The zero-order chi connectivity index (χ0) is 24.8. The van der Waals surface area contributed by atoms with Crippen LogP contribution in [-0.4, -0.2) is 35.0 Å². The molecule has 0 bridgehead atoms. The summed E-state index contributed by atoms with van der Waals surface area (Å²) in [7, 11) is 1.59. The molecule has 0 saturated carbocycles. The second-order valence-electron chi connectivity index (χ2n) is 8.09. The number of nitrogens with zero attached hydrogens (tertiary/aromatic N) is 2. The first kappa shape index (κ1) is 24.2. The van der Waals surface area contributed by atoms with Gasteiger partial charge in [0.25, 0.3) is 5.56 Å². The van der Waals surface area contributed by atoms with E-state index < -0.39 is 0 Å². The van der Waals surface area contributed by atoms with Gasteiger partial charge < -0.3 is 15.4 Å². The van der Waals surface area contributed by atoms with E-state index in [0.29, 0.717) is 16.8 Å². The van der Waals surface area contributed by atoms with Gasteiger partial charge in [0.05, 0.1) is 25.4 Å². The van der Waals surface area contributed by atoms with Gasteiger partial charge in [-0.3, -0.25) is 19.0 Å². The number of thiophene rings is 1. The number of hydrogen-bond acceptors (Lipinski definition) is 6. The van der Waals surface area contributed by atoms with E-state index in [1.165, 1.54) is 22.2 Å². The minimum atomic E-state index is -0.319. The first-order valence-corrected chi connectivity index (χ1v) is 12.0. The maximum Gasteiger partial charge on any atom is 0.262 e. The summed E-state index contributed by atoms with van der Waals surface area (Å²) in [6, 6.07) is 15.3. The van der Waals surface area contributed by atoms with Crippen LogP contribution in [0.15, 0.2) is 65.0 Å². The third kappa shape index (κ3) is 5.93. The highest BCUT2D eigenvalue weighted by Gasteiger charge is 2.14. The zero-order valence-electron chi connectivity index (χ0n) is 19.5. The fourth-order valence-electron chi connectivity index (χ4n) is 3.57. The lowest BCUT2D eigenvalue weighted by molar-refractivity contribution is -0.126. The number of aryl methyl sites for hydroxylation is 2. The summed E-state index contributed by atoms with van der Waals surface area (Å²) in [5.74, 6) is 0.127. The highest BCUT2D eigenvalue weighted by molar-refractivity contribution is 7.17. The molecule has 180 valence electrons. The van der Waals surface area contributed by atoms with Crippen molar-refractivity contribution in [3.63, 3.8) is 0 Å². The highest BCUT2D eigenvalue weighted by atomic mass is 32.1. The quantitative estimate of drug-likeness (QED) is 0.375. The summed E-state index contributed by atoms with van der Waals surface area (Å²) in [6.07, 6.45) is 1.53. The third-order valence-electron chi connectivity index (χ3n) is 5.60. The molecule has 2 amide bonds. The summed E-state index contributed by atoms with van der Waals surface area (Å²) in [5, 5.41) is 7.85. The molecule has 0 aliphatic carbocycles. The molecule has 2 aromatic carbocycles. The van der Waals surface area contributed by atoms with Crippen molar-refractivity contribution >= 4 is 33.4 Å². The van der Waals surface area contributed by atoms with Crippen molar-refractivity contribution < 1.29 is 14.3 Å². The van der Waals surface area contributed by atoms with E-state index in [4.69, 9.17) is 4.74 Å². The lowest BCUT2D eigenvalue weighted by Gasteiger charge is -2.09. The van der Waals surface area contributed by atoms with Gasteiger partial charge in [0.1, 0.15) is 10.6 Å². The van der Waals surface area contributed by atoms with Gasteiger partial charge in [-0.15, -0.1) is 11.3 Å². The van der Waals surface area contributed by atoms with Crippen LogP contribution in [0.3, 0.4) is 0 Å². The number of benzene rings is 2. The lowest BCUT2D eigenvalue weighted by Crippen LogP contribution is -2.37.